The van der Waals surface area contributed by atoms with Crippen molar-refractivity contribution >= 4 is 38.3 Å². The largest absolute Gasteiger partial charge is 0.486 e. The van der Waals surface area contributed by atoms with Gasteiger partial charge < -0.3 is 19.7 Å². The zero-order valence-electron chi connectivity index (χ0n) is 17.1. The first-order valence-electron chi connectivity index (χ1n) is 10.3. The van der Waals surface area contributed by atoms with Crippen molar-refractivity contribution in [2.24, 2.45) is 0 Å². The van der Waals surface area contributed by atoms with Crippen LogP contribution in [0.15, 0.2) is 41.1 Å². The fourth-order valence-electron chi connectivity index (χ4n) is 3.90. The number of hydrogen-bond donors (Lipinski definition) is 1. The quantitative estimate of drug-likeness (QED) is 0.602. The van der Waals surface area contributed by atoms with Crippen LogP contribution in [-0.2, 0) is 0 Å². The molecule has 7 nitrogen and oxygen atoms in total. The van der Waals surface area contributed by atoms with Crippen LogP contribution in [0.1, 0.15) is 0 Å². The molecule has 0 saturated carbocycles. The van der Waals surface area contributed by atoms with Gasteiger partial charge in [0, 0.05) is 44.2 Å². The summed E-state index contributed by atoms with van der Waals surface area (Å²) in [6.45, 7) is 5.51. The van der Waals surface area contributed by atoms with Crippen molar-refractivity contribution in [3.8, 4) is 11.5 Å². The summed E-state index contributed by atoms with van der Waals surface area (Å²) in [5, 5.41) is 3.82. The molecule has 0 aliphatic carbocycles. The minimum Gasteiger partial charge on any atom is -0.486 e. The number of likely N-dealkylation sites (N-methyl/N-ethyl adjacent to an activating group) is 1. The summed E-state index contributed by atoms with van der Waals surface area (Å²) >= 11 is 3.22. The second-order valence-electron chi connectivity index (χ2n) is 7.92. The average molecular weight is 488 g/mol. The molecular weight excluding hydrogens is 465 g/mol. The van der Waals surface area contributed by atoms with Crippen LogP contribution in [0, 0.1) is 5.82 Å². The molecule has 1 unspecified atom stereocenters. The topological polar surface area (TPSA) is 62.8 Å². The maximum atomic E-state index is 14.5. The van der Waals surface area contributed by atoms with E-state index in [9.17, 15) is 4.39 Å². The lowest BCUT2D eigenvalue weighted by Crippen LogP contribution is -2.49. The molecule has 1 fully saturated rings. The Kier molecular flexibility index (Phi) is 5.64. The molecule has 0 spiro atoms. The molecule has 1 aromatic heterocycles. The van der Waals surface area contributed by atoms with E-state index in [0.29, 0.717) is 39.6 Å². The SMILES string of the molecule is CN1CCN(CC2COc3cc4ncnc(Nc5cccc(Br)c5F)c4cc3O2)CC1. The molecule has 5 rings (SSSR count). The van der Waals surface area contributed by atoms with Crippen molar-refractivity contribution in [3.05, 3.63) is 46.9 Å². The summed E-state index contributed by atoms with van der Waals surface area (Å²) in [5.74, 6) is 1.46. The lowest BCUT2D eigenvalue weighted by Gasteiger charge is -2.36. The molecular formula is C22H23BrFN5O2. The minimum absolute atomic E-state index is 0.0445. The molecule has 3 aromatic rings. The third kappa shape index (κ3) is 4.30. The summed E-state index contributed by atoms with van der Waals surface area (Å²) < 4.78 is 27.1. The van der Waals surface area contributed by atoms with Gasteiger partial charge in [-0.05, 0) is 41.2 Å². The van der Waals surface area contributed by atoms with Crippen LogP contribution in [0.25, 0.3) is 10.9 Å². The van der Waals surface area contributed by atoms with Crippen LogP contribution in [-0.4, -0.2) is 72.3 Å². The number of benzene rings is 2. The smallest absolute Gasteiger partial charge is 0.163 e. The van der Waals surface area contributed by atoms with Gasteiger partial charge in [0.1, 0.15) is 24.9 Å². The van der Waals surface area contributed by atoms with Crippen LogP contribution < -0.4 is 14.8 Å². The van der Waals surface area contributed by atoms with Crippen molar-refractivity contribution in [2.45, 2.75) is 6.10 Å². The molecule has 2 aliphatic heterocycles. The van der Waals surface area contributed by atoms with Crippen LogP contribution in [0.4, 0.5) is 15.9 Å². The Morgan fingerprint density at radius 3 is 2.84 bits per heavy atom. The number of fused-ring (bicyclic) bond motifs is 2. The molecule has 2 aromatic carbocycles. The molecule has 3 heterocycles. The number of rotatable bonds is 4. The van der Waals surface area contributed by atoms with E-state index in [1.165, 1.54) is 6.33 Å². The molecule has 0 radical (unpaired) electrons. The second-order valence-corrected chi connectivity index (χ2v) is 8.77. The average Bonchev–Trinajstić information content (AvgIpc) is 2.77. The zero-order valence-corrected chi connectivity index (χ0v) is 18.7. The molecule has 9 heteroatoms. The molecule has 0 amide bonds. The Morgan fingerprint density at radius 1 is 1.16 bits per heavy atom. The van der Waals surface area contributed by atoms with E-state index in [1.54, 1.807) is 18.2 Å². The molecule has 0 bridgehead atoms. The second kappa shape index (κ2) is 8.57. The lowest BCUT2D eigenvalue weighted by atomic mass is 10.1. The van der Waals surface area contributed by atoms with Crippen molar-refractivity contribution in [2.75, 3.05) is 51.7 Å². The lowest BCUT2D eigenvalue weighted by molar-refractivity contribution is 0.0442. The predicted molar refractivity (Wildman–Crippen MR) is 121 cm³/mol. The number of ether oxygens (including phenoxy) is 2. The van der Waals surface area contributed by atoms with Gasteiger partial charge in [-0.1, -0.05) is 6.07 Å². The van der Waals surface area contributed by atoms with Crippen molar-refractivity contribution in [1.29, 1.82) is 0 Å². The molecule has 162 valence electrons. The van der Waals surface area contributed by atoms with E-state index in [1.807, 2.05) is 12.1 Å². The molecule has 31 heavy (non-hydrogen) atoms. The number of hydrogen-bond acceptors (Lipinski definition) is 7. The highest BCUT2D eigenvalue weighted by molar-refractivity contribution is 9.10. The fraction of sp³-hybridized carbons (Fsp3) is 0.364. The highest BCUT2D eigenvalue weighted by Gasteiger charge is 2.26. The Hall–Kier alpha value is -2.49. The number of nitrogens with zero attached hydrogens (tertiary/aromatic N) is 4. The zero-order chi connectivity index (χ0) is 21.4. The van der Waals surface area contributed by atoms with E-state index in [2.05, 4.69) is 48.1 Å². The van der Waals surface area contributed by atoms with Gasteiger partial charge in [-0.3, -0.25) is 4.90 Å². The number of aromatic nitrogens is 2. The monoisotopic (exact) mass is 487 g/mol. The Labute approximate surface area is 188 Å². The minimum atomic E-state index is -0.376. The maximum absolute atomic E-state index is 14.5. The number of halogens is 2. The van der Waals surface area contributed by atoms with E-state index in [0.717, 1.165) is 38.1 Å². The van der Waals surface area contributed by atoms with Gasteiger partial charge in [0.15, 0.2) is 17.3 Å². The number of nitrogens with one attached hydrogen (secondary N) is 1. The van der Waals surface area contributed by atoms with Crippen molar-refractivity contribution in [3.63, 3.8) is 0 Å². The first-order valence-corrected chi connectivity index (χ1v) is 11.1. The summed E-state index contributed by atoms with van der Waals surface area (Å²) in [4.78, 5) is 13.4. The van der Waals surface area contributed by atoms with Gasteiger partial charge >= 0.3 is 0 Å². The van der Waals surface area contributed by atoms with Crippen LogP contribution in [0.2, 0.25) is 0 Å². The molecule has 1 saturated heterocycles. The van der Waals surface area contributed by atoms with Crippen molar-refractivity contribution < 1.29 is 13.9 Å². The summed E-state index contributed by atoms with van der Waals surface area (Å²) in [6, 6.07) is 8.80. The Bertz CT molecular complexity index is 1110. The summed E-state index contributed by atoms with van der Waals surface area (Å²) in [5.41, 5.74) is 1.03. The normalized spacial score (nSPS) is 19.5. The van der Waals surface area contributed by atoms with Gasteiger partial charge in [0.05, 0.1) is 15.7 Å². The summed E-state index contributed by atoms with van der Waals surface area (Å²) in [7, 11) is 2.15. The van der Waals surface area contributed by atoms with Gasteiger partial charge in [-0.15, -0.1) is 0 Å². The predicted octanol–water partition coefficient (Wildman–Crippen LogP) is 3.66. The molecule has 1 N–H and O–H groups in total. The van der Waals surface area contributed by atoms with Crippen LogP contribution in [0.3, 0.4) is 0 Å². The van der Waals surface area contributed by atoms with Gasteiger partial charge in [-0.25, -0.2) is 14.4 Å². The van der Waals surface area contributed by atoms with E-state index in [-0.39, 0.29) is 11.9 Å². The van der Waals surface area contributed by atoms with E-state index >= 15 is 0 Å². The Balaban J connectivity index is 1.39. The first-order chi connectivity index (χ1) is 15.1. The molecule has 2 aliphatic rings. The van der Waals surface area contributed by atoms with E-state index < -0.39 is 0 Å². The third-order valence-electron chi connectivity index (χ3n) is 5.68. The standard InChI is InChI=1S/C22H23BrFN5O2/c1-28-5-7-29(8-6-28)11-14-12-30-19-10-18-15(9-20(19)31-14)22(26-13-25-18)27-17-4-2-3-16(23)21(17)24/h2-4,9-10,13-14H,5-8,11-12H2,1H3,(H,25,26,27). The molecule has 1 atom stereocenters. The number of piperazine rings is 1. The fourth-order valence-corrected chi connectivity index (χ4v) is 4.27. The third-order valence-corrected chi connectivity index (χ3v) is 6.29. The van der Waals surface area contributed by atoms with Gasteiger partial charge in [-0.2, -0.15) is 0 Å². The van der Waals surface area contributed by atoms with E-state index in [4.69, 9.17) is 9.47 Å². The first kappa shape index (κ1) is 20.4. The Morgan fingerprint density at radius 2 is 2.00 bits per heavy atom. The van der Waals surface area contributed by atoms with Gasteiger partial charge in [0.25, 0.3) is 0 Å². The van der Waals surface area contributed by atoms with Crippen LogP contribution >= 0.6 is 15.9 Å². The van der Waals surface area contributed by atoms with Crippen LogP contribution in [0.5, 0.6) is 11.5 Å². The maximum Gasteiger partial charge on any atom is 0.163 e. The van der Waals surface area contributed by atoms with Gasteiger partial charge in [0.2, 0.25) is 0 Å². The highest BCUT2D eigenvalue weighted by atomic mass is 79.9. The highest BCUT2D eigenvalue weighted by Crippen LogP contribution is 2.38. The number of anilines is 2. The van der Waals surface area contributed by atoms with Crippen molar-refractivity contribution in [1.82, 2.24) is 19.8 Å². The summed E-state index contributed by atoms with van der Waals surface area (Å²) in [6.07, 6.45) is 1.41.